The van der Waals surface area contributed by atoms with Crippen LogP contribution in [0.1, 0.15) is 0 Å². The van der Waals surface area contributed by atoms with Crippen LogP contribution in [0.25, 0.3) is 10.4 Å². The first-order chi connectivity index (χ1) is 6.86. The van der Waals surface area contributed by atoms with Crippen LogP contribution in [-0.2, 0) is 0 Å². The summed E-state index contributed by atoms with van der Waals surface area (Å²) >= 11 is 0. The molecule has 104 valence electrons. The van der Waals surface area contributed by atoms with E-state index in [1.165, 1.54) is 0 Å². The van der Waals surface area contributed by atoms with E-state index in [-0.39, 0.29) is 37.2 Å². The summed E-state index contributed by atoms with van der Waals surface area (Å²) in [6, 6.07) is 0. The Kier molecular flexibility index (Phi) is 18.5. The highest BCUT2D eigenvalue weighted by Gasteiger charge is 2.14. The quantitative estimate of drug-likeness (QED) is 0.470. The highest BCUT2D eigenvalue weighted by Crippen LogP contribution is 2.00. The Balaban J connectivity index is -0.000000653. The first-order valence-electron chi connectivity index (χ1n) is 5.02. The Bertz CT molecular complexity index is 203. The Morgan fingerprint density at radius 3 is 1.88 bits per heavy atom. The van der Waals surface area contributed by atoms with Gasteiger partial charge in [0.1, 0.15) is 0 Å². The average Bonchev–Trinajstić information content (AvgIpc) is 2.21. The summed E-state index contributed by atoms with van der Waals surface area (Å²) in [5, 5.41) is 3.53. The van der Waals surface area contributed by atoms with Gasteiger partial charge in [0, 0.05) is 57.3 Å². The van der Waals surface area contributed by atoms with Crippen molar-refractivity contribution in [1.82, 2.24) is 9.80 Å². The Morgan fingerprint density at radius 1 is 1.00 bits per heavy atom. The van der Waals surface area contributed by atoms with Crippen LogP contribution in [0.4, 0.5) is 0 Å². The number of halogens is 3. The zero-order valence-corrected chi connectivity index (χ0v) is 12.1. The highest BCUT2D eigenvalue weighted by molar-refractivity contribution is 5.86. The predicted octanol–water partition coefficient (Wildman–Crippen LogP) is 1.14. The molecule has 0 aliphatic carbocycles. The Hall–Kier alpha value is 0.0600. The minimum atomic E-state index is 0. The van der Waals surface area contributed by atoms with Crippen LogP contribution in [0, 0.1) is 0 Å². The van der Waals surface area contributed by atoms with Gasteiger partial charge in [-0.05, 0) is 5.53 Å². The van der Waals surface area contributed by atoms with Crippen molar-refractivity contribution in [3.8, 4) is 0 Å². The maximum absolute atomic E-state index is 8.13. The van der Waals surface area contributed by atoms with Gasteiger partial charge in [0.05, 0.1) is 0 Å². The van der Waals surface area contributed by atoms with E-state index in [9.17, 15) is 0 Å². The van der Waals surface area contributed by atoms with E-state index in [0.717, 1.165) is 45.8 Å². The SMILES string of the molecule is Cl.Cl.Cl.[N-]=[N+]=NCCN1CCN(CCN)CC1. The molecule has 1 fully saturated rings. The molecule has 1 rings (SSSR count). The van der Waals surface area contributed by atoms with Crippen molar-refractivity contribution in [2.24, 2.45) is 10.8 Å². The van der Waals surface area contributed by atoms with Crippen molar-refractivity contribution >= 4 is 37.2 Å². The zero-order valence-electron chi connectivity index (χ0n) is 9.70. The third kappa shape index (κ3) is 9.73. The molecule has 1 saturated heterocycles. The lowest BCUT2D eigenvalue weighted by Gasteiger charge is -2.34. The number of rotatable bonds is 5. The van der Waals surface area contributed by atoms with Crippen LogP contribution in [0.2, 0.25) is 0 Å². The predicted molar refractivity (Wildman–Crippen MR) is 77.7 cm³/mol. The van der Waals surface area contributed by atoms with Gasteiger partial charge in [-0.3, -0.25) is 4.90 Å². The molecule has 0 unspecified atom stereocenters. The van der Waals surface area contributed by atoms with Gasteiger partial charge >= 0.3 is 0 Å². The fourth-order valence-electron chi connectivity index (χ4n) is 1.65. The minimum absolute atomic E-state index is 0. The lowest BCUT2D eigenvalue weighted by Crippen LogP contribution is -2.48. The van der Waals surface area contributed by atoms with Crippen LogP contribution >= 0.6 is 37.2 Å². The summed E-state index contributed by atoms with van der Waals surface area (Å²) in [5.74, 6) is 0. The Morgan fingerprint density at radius 2 is 1.47 bits per heavy atom. The molecule has 1 aliphatic heterocycles. The van der Waals surface area contributed by atoms with Crippen molar-refractivity contribution in [2.45, 2.75) is 0 Å². The molecule has 0 amide bonds. The first-order valence-corrected chi connectivity index (χ1v) is 5.02. The van der Waals surface area contributed by atoms with Crippen molar-refractivity contribution in [3.05, 3.63) is 10.4 Å². The standard InChI is InChI=1S/C8H18N6.3ClH/c9-1-3-13-5-7-14(8-6-13)4-2-11-12-10;;;/h1-9H2;3*1H. The highest BCUT2D eigenvalue weighted by atomic mass is 35.5. The van der Waals surface area contributed by atoms with Gasteiger partial charge in [-0.2, -0.15) is 0 Å². The number of hydrogen-bond donors (Lipinski definition) is 1. The summed E-state index contributed by atoms with van der Waals surface area (Å²) in [5.41, 5.74) is 13.6. The molecule has 1 aliphatic rings. The largest absolute Gasteiger partial charge is 0.329 e. The van der Waals surface area contributed by atoms with E-state index in [0.29, 0.717) is 6.54 Å². The van der Waals surface area contributed by atoms with Crippen molar-refractivity contribution in [2.75, 3.05) is 52.4 Å². The smallest absolute Gasteiger partial charge is 0.0385 e. The van der Waals surface area contributed by atoms with Crippen molar-refractivity contribution in [1.29, 1.82) is 0 Å². The lowest BCUT2D eigenvalue weighted by molar-refractivity contribution is 0.138. The minimum Gasteiger partial charge on any atom is -0.329 e. The summed E-state index contributed by atoms with van der Waals surface area (Å²) in [6.45, 7) is 7.44. The molecule has 0 radical (unpaired) electrons. The summed E-state index contributed by atoms with van der Waals surface area (Å²) < 4.78 is 0. The van der Waals surface area contributed by atoms with E-state index >= 15 is 0 Å². The zero-order chi connectivity index (χ0) is 10.2. The van der Waals surface area contributed by atoms with Crippen molar-refractivity contribution in [3.63, 3.8) is 0 Å². The number of piperazine rings is 1. The van der Waals surface area contributed by atoms with Gasteiger partial charge in [0.25, 0.3) is 0 Å². The van der Waals surface area contributed by atoms with E-state index in [1.54, 1.807) is 0 Å². The van der Waals surface area contributed by atoms with Crippen LogP contribution in [0.15, 0.2) is 5.11 Å². The van der Waals surface area contributed by atoms with Gasteiger partial charge in [0.15, 0.2) is 0 Å². The summed E-state index contributed by atoms with van der Waals surface area (Å²) in [7, 11) is 0. The van der Waals surface area contributed by atoms with Gasteiger partial charge in [-0.15, -0.1) is 37.2 Å². The van der Waals surface area contributed by atoms with E-state index < -0.39 is 0 Å². The summed E-state index contributed by atoms with van der Waals surface area (Å²) in [4.78, 5) is 7.42. The van der Waals surface area contributed by atoms with Crippen LogP contribution in [0.5, 0.6) is 0 Å². The maximum Gasteiger partial charge on any atom is 0.0385 e. The topological polar surface area (TPSA) is 81.3 Å². The van der Waals surface area contributed by atoms with Crippen molar-refractivity contribution < 1.29 is 0 Å². The van der Waals surface area contributed by atoms with Gasteiger partial charge in [-0.25, -0.2) is 0 Å². The second-order valence-electron chi connectivity index (χ2n) is 3.43. The Labute approximate surface area is 121 Å². The molecule has 0 bridgehead atoms. The molecule has 0 atom stereocenters. The van der Waals surface area contributed by atoms with Gasteiger partial charge in [0.2, 0.25) is 0 Å². The number of azide groups is 1. The molecular weight excluding hydrogens is 286 g/mol. The van der Waals surface area contributed by atoms with E-state index in [4.69, 9.17) is 11.3 Å². The molecule has 17 heavy (non-hydrogen) atoms. The third-order valence-corrected chi connectivity index (χ3v) is 2.49. The molecule has 0 aromatic carbocycles. The fourth-order valence-corrected chi connectivity index (χ4v) is 1.65. The molecule has 0 spiro atoms. The maximum atomic E-state index is 8.13. The lowest BCUT2D eigenvalue weighted by atomic mass is 10.3. The first kappa shape index (κ1) is 22.3. The third-order valence-electron chi connectivity index (χ3n) is 2.49. The number of hydrogen-bond acceptors (Lipinski definition) is 4. The molecule has 6 nitrogen and oxygen atoms in total. The molecule has 1 heterocycles. The molecular formula is C8H21Cl3N6. The van der Waals surface area contributed by atoms with Crippen LogP contribution in [-0.4, -0.2) is 62.2 Å². The average molecular weight is 308 g/mol. The van der Waals surface area contributed by atoms with Crippen LogP contribution in [0.3, 0.4) is 0 Å². The second-order valence-corrected chi connectivity index (χ2v) is 3.43. The number of nitrogens with zero attached hydrogens (tertiary/aromatic N) is 5. The van der Waals surface area contributed by atoms with Gasteiger partial charge in [-0.1, -0.05) is 5.11 Å². The van der Waals surface area contributed by atoms with E-state index in [2.05, 4.69) is 19.8 Å². The molecule has 9 heteroatoms. The molecule has 2 N–H and O–H groups in total. The van der Waals surface area contributed by atoms with E-state index in [1.807, 2.05) is 0 Å². The van der Waals surface area contributed by atoms with Crippen LogP contribution < -0.4 is 5.73 Å². The summed E-state index contributed by atoms with van der Waals surface area (Å²) in [6.07, 6.45) is 0. The number of nitrogens with two attached hydrogens (primary N) is 1. The fraction of sp³-hybridized carbons (Fsp3) is 1.00. The normalized spacial score (nSPS) is 15.8. The molecule has 0 saturated carbocycles. The monoisotopic (exact) mass is 306 g/mol. The molecule has 0 aromatic heterocycles. The second kappa shape index (κ2) is 14.1. The van der Waals surface area contributed by atoms with Gasteiger partial charge < -0.3 is 10.6 Å². The molecule has 0 aromatic rings.